The summed E-state index contributed by atoms with van der Waals surface area (Å²) < 4.78 is 0. The van der Waals surface area contributed by atoms with Crippen molar-refractivity contribution in [1.29, 1.82) is 0 Å². The Morgan fingerprint density at radius 3 is 1.48 bits per heavy atom. The molecule has 2 aromatic heterocycles. The van der Waals surface area contributed by atoms with Gasteiger partial charge in [-0.2, -0.15) is 10.2 Å². The van der Waals surface area contributed by atoms with Crippen molar-refractivity contribution in [3.05, 3.63) is 114 Å². The zero-order chi connectivity index (χ0) is 33.0. The molecule has 11 nitrogen and oxygen atoms in total. The van der Waals surface area contributed by atoms with E-state index in [1.165, 1.54) is 5.56 Å². The number of rotatable bonds is 6. The first-order valence-electron chi connectivity index (χ1n) is 15.7. The molecule has 0 aliphatic carbocycles. The zero-order valence-electron chi connectivity index (χ0n) is 26.2. The second kappa shape index (κ2) is 15.2. The third-order valence-corrected chi connectivity index (χ3v) is 8.24. The highest BCUT2D eigenvalue weighted by atomic mass is 16.3. The molecule has 50 heavy (non-hydrogen) atoms. The normalized spacial score (nSPS) is 12.7. The van der Waals surface area contributed by atoms with E-state index < -0.39 is 0 Å². The number of phenols is 1. The minimum atomic E-state index is 0. The van der Waals surface area contributed by atoms with Crippen LogP contribution in [-0.4, -0.2) is 37.3 Å². The lowest BCUT2D eigenvalue weighted by atomic mass is 10.0. The molecule has 0 spiro atoms. The zero-order valence-corrected chi connectivity index (χ0v) is 26.2. The van der Waals surface area contributed by atoms with E-state index in [9.17, 15) is 14.7 Å². The summed E-state index contributed by atoms with van der Waals surface area (Å²) in [5.41, 5.74) is 11.1. The molecule has 0 fully saturated rings. The molecule has 0 atom stereocenters. The van der Waals surface area contributed by atoms with Crippen LogP contribution in [0.15, 0.2) is 97.1 Å². The Labute approximate surface area is 291 Å². The standard InChI is InChI=1S/C19H18N4O.C18H16N4O2.2CH4/c1-12-2-4-13(5-3-12)17-11-18(23-22-17)20-15-7-8-16-14(10-15)6-9-19(24)21-16;23-14-5-1-11(2-6-14)16-10-17(22-21-16)19-13-4-7-15-12(9-13)3-8-18(24)20-15;;/h2-5,7-8,10-11H,6,9H2,1H3,(H,21,24)(H2,20,22,23);1-2,4-7,9-10,23H,3,8H2,(H,20,24)(H2,19,21,22);2*1H4. The largest absolute Gasteiger partial charge is 0.508 e. The number of aromatic nitrogens is 4. The van der Waals surface area contributed by atoms with Gasteiger partial charge in [0.15, 0.2) is 11.6 Å². The van der Waals surface area contributed by atoms with Crippen LogP contribution in [0.5, 0.6) is 5.75 Å². The molecule has 0 saturated carbocycles. The van der Waals surface area contributed by atoms with Crippen LogP contribution in [0.25, 0.3) is 22.5 Å². The first kappa shape index (κ1) is 35.0. The van der Waals surface area contributed by atoms with Gasteiger partial charge in [-0.25, -0.2) is 0 Å². The van der Waals surface area contributed by atoms with Crippen molar-refractivity contribution < 1.29 is 14.7 Å². The van der Waals surface area contributed by atoms with Gasteiger partial charge in [-0.05, 0) is 103 Å². The number of phenolic OH excluding ortho intramolecular Hbond substituents is 1. The van der Waals surface area contributed by atoms with Gasteiger partial charge in [0.25, 0.3) is 0 Å². The number of nitrogens with one attached hydrogen (secondary N) is 6. The van der Waals surface area contributed by atoms with E-state index in [1.807, 2.05) is 54.6 Å². The molecule has 256 valence electrons. The lowest BCUT2D eigenvalue weighted by molar-refractivity contribution is -0.117. The predicted octanol–water partition coefficient (Wildman–Crippen LogP) is 8.70. The lowest BCUT2D eigenvalue weighted by Crippen LogP contribution is -2.18. The first-order chi connectivity index (χ1) is 23.3. The summed E-state index contributed by atoms with van der Waals surface area (Å²) in [7, 11) is 0. The van der Waals surface area contributed by atoms with Crippen molar-refractivity contribution in [2.75, 3.05) is 21.3 Å². The highest BCUT2D eigenvalue weighted by Gasteiger charge is 2.16. The number of hydrogen-bond donors (Lipinski definition) is 7. The molecule has 11 heteroatoms. The third-order valence-electron chi connectivity index (χ3n) is 8.24. The smallest absolute Gasteiger partial charge is 0.224 e. The van der Waals surface area contributed by atoms with Gasteiger partial charge in [0.1, 0.15) is 5.75 Å². The Balaban J connectivity index is 0.000000187. The minimum Gasteiger partial charge on any atom is -0.508 e. The number of H-pyrrole nitrogens is 2. The second-order valence-corrected chi connectivity index (χ2v) is 11.8. The van der Waals surface area contributed by atoms with Crippen molar-refractivity contribution in [1.82, 2.24) is 20.4 Å². The van der Waals surface area contributed by atoms with Crippen molar-refractivity contribution in [3.63, 3.8) is 0 Å². The van der Waals surface area contributed by atoms with E-state index in [1.54, 1.807) is 12.1 Å². The molecule has 7 N–H and O–H groups in total. The van der Waals surface area contributed by atoms with Gasteiger partial charge in [0.05, 0.1) is 11.4 Å². The number of hydrogen-bond acceptors (Lipinski definition) is 7. The van der Waals surface area contributed by atoms with Crippen LogP contribution in [-0.2, 0) is 22.4 Å². The van der Waals surface area contributed by atoms with Crippen LogP contribution in [0.1, 0.15) is 44.4 Å². The van der Waals surface area contributed by atoms with Crippen LogP contribution < -0.4 is 21.3 Å². The molecule has 2 amide bonds. The predicted molar refractivity (Wildman–Crippen MR) is 201 cm³/mol. The van der Waals surface area contributed by atoms with E-state index in [0.717, 1.165) is 75.1 Å². The highest BCUT2D eigenvalue weighted by Crippen LogP contribution is 2.30. The number of benzene rings is 4. The van der Waals surface area contributed by atoms with Gasteiger partial charge in [-0.15, -0.1) is 0 Å². The molecule has 4 heterocycles. The first-order valence-corrected chi connectivity index (χ1v) is 15.7. The number of fused-ring (bicyclic) bond motifs is 2. The van der Waals surface area contributed by atoms with Gasteiger partial charge >= 0.3 is 0 Å². The van der Waals surface area contributed by atoms with Crippen LogP contribution >= 0.6 is 0 Å². The summed E-state index contributed by atoms with van der Waals surface area (Å²) in [5.74, 6) is 1.85. The molecular weight excluding hydrogens is 628 g/mol. The summed E-state index contributed by atoms with van der Waals surface area (Å²) in [6.07, 6.45) is 2.57. The molecule has 8 rings (SSSR count). The number of nitrogens with zero attached hydrogens (tertiary/aromatic N) is 2. The molecule has 4 aromatic carbocycles. The average Bonchev–Trinajstić information content (AvgIpc) is 3.76. The molecule has 2 aliphatic heterocycles. The van der Waals surface area contributed by atoms with E-state index >= 15 is 0 Å². The van der Waals surface area contributed by atoms with Crippen LogP contribution in [0.3, 0.4) is 0 Å². The Bertz CT molecular complexity index is 1950. The quantitative estimate of drug-likeness (QED) is 0.0933. The number of aromatic amines is 2. The number of carbonyl (C=O) groups excluding carboxylic acids is 2. The Morgan fingerprint density at radius 1 is 0.580 bits per heavy atom. The van der Waals surface area contributed by atoms with Crippen LogP contribution in [0.4, 0.5) is 34.4 Å². The van der Waals surface area contributed by atoms with Gasteiger partial charge in [0, 0.05) is 47.7 Å². The maximum Gasteiger partial charge on any atom is 0.224 e. The highest BCUT2D eigenvalue weighted by molar-refractivity contribution is 5.95. The SMILES string of the molecule is C.C.Cc1ccc(-c2cc(Nc3ccc4c(c3)CCC(=O)N4)n[nH]2)cc1.O=C1CCc2cc(Nc3cc(-c4ccc(O)cc4)[nH]n3)ccc2N1. The average molecular weight is 671 g/mol. The summed E-state index contributed by atoms with van der Waals surface area (Å²) in [4.78, 5) is 22.8. The topological polar surface area (TPSA) is 160 Å². The molecule has 2 aliphatic rings. The fraction of sp³-hybridized carbons (Fsp3) is 0.179. The number of aromatic hydroxyl groups is 1. The Morgan fingerprint density at radius 2 is 1.02 bits per heavy atom. The molecule has 0 radical (unpaired) electrons. The molecule has 0 bridgehead atoms. The number of carbonyl (C=O) groups is 2. The van der Waals surface area contributed by atoms with Crippen molar-refractivity contribution in [3.8, 4) is 28.3 Å². The van der Waals surface area contributed by atoms with Crippen LogP contribution in [0.2, 0.25) is 0 Å². The Hall–Kier alpha value is -6.36. The van der Waals surface area contributed by atoms with Crippen molar-refractivity contribution in [2.45, 2.75) is 47.5 Å². The monoisotopic (exact) mass is 670 g/mol. The van der Waals surface area contributed by atoms with Gasteiger partial charge in [-0.1, -0.05) is 44.7 Å². The van der Waals surface area contributed by atoms with E-state index in [4.69, 9.17) is 0 Å². The summed E-state index contributed by atoms with van der Waals surface area (Å²) in [6.45, 7) is 2.07. The Kier molecular flexibility index (Phi) is 10.7. The minimum absolute atomic E-state index is 0. The fourth-order valence-electron chi connectivity index (χ4n) is 5.66. The van der Waals surface area contributed by atoms with E-state index in [0.29, 0.717) is 18.7 Å². The van der Waals surface area contributed by atoms with Crippen molar-refractivity contribution >= 4 is 46.2 Å². The number of aryl methyl sites for hydroxylation is 3. The molecule has 0 unspecified atom stereocenters. The molecule has 6 aromatic rings. The summed E-state index contributed by atoms with van der Waals surface area (Å²) in [5, 5.41) is 36.3. The summed E-state index contributed by atoms with van der Waals surface area (Å²) in [6, 6.07) is 31.0. The third kappa shape index (κ3) is 8.19. The lowest BCUT2D eigenvalue weighted by Gasteiger charge is -2.17. The summed E-state index contributed by atoms with van der Waals surface area (Å²) >= 11 is 0. The molecular formula is C39H42N8O3. The fourth-order valence-corrected chi connectivity index (χ4v) is 5.66. The number of amides is 2. The van der Waals surface area contributed by atoms with E-state index in [-0.39, 0.29) is 32.4 Å². The molecule has 0 saturated heterocycles. The number of anilines is 6. The maximum absolute atomic E-state index is 11.4. The van der Waals surface area contributed by atoms with Gasteiger partial charge < -0.3 is 26.4 Å². The van der Waals surface area contributed by atoms with Crippen LogP contribution in [0, 0.1) is 6.92 Å². The van der Waals surface area contributed by atoms with Gasteiger partial charge in [0.2, 0.25) is 11.8 Å². The van der Waals surface area contributed by atoms with Crippen molar-refractivity contribution in [2.24, 2.45) is 0 Å². The van der Waals surface area contributed by atoms with Gasteiger partial charge in [-0.3, -0.25) is 19.8 Å². The maximum atomic E-state index is 11.4. The van der Waals surface area contributed by atoms with E-state index in [2.05, 4.69) is 78.9 Å². The second-order valence-electron chi connectivity index (χ2n) is 11.8.